The second-order valence-corrected chi connectivity index (χ2v) is 10.8. The molecule has 1 aromatic heterocycles. The molecule has 1 saturated heterocycles. The van der Waals surface area contributed by atoms with Crippen LogP contribution in [-0.4, -0.2) is 63.4 Å². The van der Waals surface area contributed by atoms with E-state index in [1.54, 1.807) is 30.9 Å². The molecule has 42 heavy (non-hydrogen) atoms. The van der Waals surface area contributed by atoms with Gasteiger partial charge in [0.2, 0.25) is 11.8 Å². The molecule has 0 saturated carbocycles. The number of hydrogen-bond donors (Lipinski definition) is 3. The van der Waals surface area contributed by atoms with Crippen molar-refractivity contribution in [2.24, 2.45) is 5.73 Å². The smallest absolute Gasteiger partial charge is 0.250 e. The first-order chi connectivity index (χ1) is 19.1. The molecule has 0 aliphatic carbocycles. The zero-order valence-corrected chi connectivity index (χ0v) is 25.7. The number of ether oxygens (including phenoxy) is 1. The standard InChI is InChI=1S/C30H38N6O4.2ClH/c1-21-10-9-13-23(16-21)26(28(38)35-14-7-8-15-35)36-17-25(32-20-36)34-27(37)24(33-29(39)30(2,3)31)19-40-18-22-11-5-4-6-12-22;;/h4-6,9-13,16-17,20,24,26H,7-8,14-15,18-19,31H2,1-3H3,(H,33,39)(H,34,37);2*1H/t24-,26?;;/m1../s1. The van der Waals surface area contributed by atoms with Gasteiger partial charge in [0.15, 0.2) is 5.82 Å². The van der Waals surface area contributed by atoms with Crippen LogP contribution in [0.3, 0.4) is 0 Å². The summed E-state index contributed by atoms with van der Waals surface area (Å²) >= 11 is 0. The average molecular weight is 620 g/mol. The monoisotopic (exact) mass is 618 g/mol. The number of anilines is 1. The molecular formula is C30H40Cl2N6O4. The maximum atomic E-state index is 13.6. The van der Waals surface area contributed by atoms with Crippen LogP contribution in [0.15, 0.2) is 67.1 Å². The molecule has 10 nitrogen and oxygen atoms in total. The minimum atomic E-state index is -1.18. The number of hydrogen-bond acceptors (Lipinski definition) is 6. The van der Waals surface area contributed by atoms with Crippen LogP contribution in [-0.2, 0) is 25.7 Å². The summed E-state index contributed by atoms with van der Waals surface area (Å²) < 4.78 is 7.48. The summed E-state index contributed by atoms with van der Waals surface area (Å²) in [6.07, 6.45) is 5.14. The number of benzene rings is 2. The van der Waals surface area contributed by atoms with E-state index in [0.29, 0.717) is 0 Å². The van der Waals surface area contributed by atoms with Gasteiger partial charge in [-0.2, -0.15) is 0 Å². The molecule has 1 aliphatic rings. The molecule has 12 heteroatoms. The fourth-order valence-corrected chi connectivity index (χ4v) is 4.54. The first-order valence-corrected chi connectivity index (χ1v) is 13.5. The fourth-order valence-electron chi connectivity index (χ4n) is 4.54. The number of nitrogens with one attached hydrogen (secondary N) is 2. The molecule has 0 spiro atoms. The second-order valence-electron chi connectivity index (χ2n) is 10.8. The second kappa shape index (κ2) is 15.7. The summed E-state index contributed by atoms with van der Waals surface area (Å²) in [5, 5.41) is 5.45. The highest BCUT2D eigenvalue weighted by molar-refractivity contribution is 5.98. The minimum absolute atomic E-state index is 0. The Kier molecular flexibility index (Phi) is 13.0. The molecule has 3 amide bonds. The summed E-state index contributed by atoms with van der Waals surface area (Å²) in [6.45, 7) is 6.76. The topological polar surface area (TPSA) is 132 Å². The summed E-state index contributed by atoms with van der Waals surface area (Å²) in [4.78, 5) is 45.7. The molecule has 2 heterocycles. The minimum Gasteiger partial charge on any atom is -0.374 e. The van der Waals surface area contributed by atoms with Gasteiger partial charge in [-0.25, -0.2) is 4.98 Å². The fraction of sp³-hybridized carbons (Fsp3) is 0.400. The number of aryl methyl sites for hydroxylation is 1. The van der Waals surface area contributed by atoms with E-state index in [0.717, 1.165) is 42.6 Å². The SMILES string of the molecule is Cc1cccc(C(C(=O)N2CCCC2)n2cnc(NC(=O)[C@@H](COCc3ccccc3)NC(=O)C(C)(C)N)c2)c1.Cl.Cl. The lowest BCUT2D eigenvalue weighted by molar-refractivity contribution is -0.132. The number of rotatable bonds is 11. The highest BCUT2D eigenvalue weighted by atomic mass is 35.5. The van der Waals surface area contributed by atoms with E-state index in [2.05, 4.69) is 15.6 Å². The van der Waals surface area contributed by atoms with Gasteiger partial charge in [0.05, 0.1) is 25.1 Å². The lowest BCUT2D eigenvalue weighted by atomic mass is 10.0. The Bertz CT molecular complexity index is 1320. The van der Waals surface area contributed by atoms with Crippen molar-refractivity contribution in [1.82, 2.24) is 19.8 Å². The molecule has 0 radical (unpaired) electrons. The molecule has 3 aromatic rings. The van der Waals surface area contributed by atoms with E-state index in [4.69, 9.17) is 10.5 Å². The van der Waals surface area contributed by atoms with Crippen molar-refractivity contribution in [1.29, 1.82) is 0 Å². The van der Waals surface area contributed by atoms with Crippen molar-refractivity contribution in [3.05, 3.63) is 83.8 Å². The predicted molar refractivity (Wildman–Crippen MR) is 167 cm³/mol. The molecule has 4 N–H and O–H groups in total. The van der Waals surface area contributed by atoms with E-state index < -0.39 is 29.4 Å². The summed E-state index contributed by atoms with van der Waals surface area (Å²) in [7, 11) is 0. The molecule has 1 unspecified atom stereocenters. The molecule has 1 aliphatic heterocycles. The van der Waals surface area contributed by atoms with Crippen LogP contribution in [0.2, 0.25) is 0 Å². The summed E-state index contributed by atoms with van der Waals surface area (Å²) in [5.41, 5.74) is 7.59. The van der Waals surface area contributed by atoms with Gasteiger partial charge in [0.25, 0.3) is 5.91 Å². The number of amides is 3. The van der Waals surface area contributed by atoms with Crippen LogP contribution in [0.5, 0.6) is 0 Å². The average Bonchev–Trinajstić information content (AvgIpc) is 3.61. The first kappa shape index (κ1) is 34.8. The van der Waals surface area contributed by atoms with E-state index in [1.807, 2.05) is 66.4 Å². The highest BCUT2D eigenvalue weighted by Crippen LogP contribution is 2.25. The van der Waals surface area contributed by atoms with Crippen LogP contribution >= 0.6 is 24.8 Å². The predicted octanol–water partition coefficient (Wildman–Crippen LogP) is 3.62. The van der Waals surface area contributed by atoms with Crippen molar-refractivity contribution < 1.29 is 19.1 Å². The van der Waals surface area contributed by atoms with Gasteiger partial charge in [-0.15, -0.1) is 24.8 Å². The molecule has 4 rings (SSSR count). The number of likely N-dealkylation sites (tertiary alicyclic amines) is 1. The Morgan fingerprint density at radius 2 is 1.74 bits per heavy atom. The van der Waals surface area contributed by atoms with Crippen LogP contribution in [0, 0.1) is 6.92 Å². The Labute approximate surface area is 259 Å². The van der Waals surface area contributed by atoms with Gasteiger partial charge in [-0.05, 0) is 44.7 Å². The van der Waals surface area contributed by atoms with E-state index in [1.165, 1.54) is 0 Å². The Morgan fingerprint density at radius 1 is 1.05 bits per heavy atom. The largest absolute Gasteiger partial charge is 0.374 e. The maximum absolute atomic E-state index is 13.6. The van der Waals surface area contributed by atoms with Crippen LogP contribution in [0.1, 0.15) is 49.4 Å². The zero-order valence-electron chi connectivity index (χ0n) is 24.1. The number of halogens is 2. The lowest BCUT2D eigenvalue weighted by Gasteiger charge is -2.25. The third-order valence-corrected chi connectivity index (χ3v) is 6.76. The van der Waals surface area contributed by atoms with Gasteiger partial charge >= 0.3 is 0 Å². The lowest BCUT2D eigenvalue weighted by Crippen LogP contribution is -2.56. The van der Waals surface area contributed by atoms with Crippen LogP contribution < -0.4 is 16.4 Å². The van der Waals surface area contributed by atoms with Crippen molar-refractivity contribution in [3.8, 4) is 0 Å². The van der Waals surface area contributed by atoms with Gasteiger partial charge in [-0.1, -0.05) is 60.2 Å². The summed E-state index contributed by atoms with van der Waals surface area (Å²) in [5.74, 6) is -0.750. The highest BCUT2D eigenvalue weighted by Gasteiger charge is 2.31. The van der Waals surface area contributed by atoms with Crippen LogP contribution in [0.25, 0.3) is 0 Å². The van der Waals surface area contributed by atoms with Gasteiger partial charge in [0.1, 0.15) is 12.1 Å². The number of nitrogens with two attached hydrogens (primary N) is 1. The first-order valence-electron chi connectivity index (χ1n) is 13.5. The molecule has 1 fully saturated rings. The van der Waals surface area contributed by atoms with Crippen LogP contribution in [0.4, 0.5) is 5.82 Å². The number of carbonyl (C=O) groups excluding carboxylic acids is 3. The number of imidazole rings is 1. The van der Waals surface area contributed by atoms with Crippen molar-refractivity contribution in [2.75, 3.05) is 25.0 Å². The summed E-state index contributed by atoms with van der Waals surface area (Å²) in [6, 6.07) is 15.7. The van der Waals surface area contributed by atoms with Gasteiger partial charge in [0, 0.05) is 19.3 Å². The molecule has 228 valence electrons. The van der Waals surface area contributed by atoms with Gasteiger partial charge < -0.3 is 30.6 Å². The third-order valence-electron chi connectivity index (χ3n) is 6.76. The Morgan fingerprint density at radius 3 is 2.38 bits per heavy atom. The van der Waals surface area contributed by atoms with E-state index >= 15 is 0 Å². The van der Waals surface area contributed by atoms with E-state index in [-0.39, 0.29) is 49.8 Å². The Hall–Kier alpha value is -3.44. The molecule has 0 bridgehead atoms. The van der Waals surface area contributed by atoms with Crippen molar-refractivity contribution in [3.63, 3.8) is 0 Å². The van der Waals surface area contributed by atoms with Crippen molar-refractivity contribution in [2.45, 2.75) is 57.8 Å². The zero-order chi connectivity index (χ0) is 28.7. The quantitative estimate of drug-likeness (QED) is 0.301. The molecular weight excluding hydrogens is 579 g/mol. The molecule has 2 aromatic carbocycles. The number of carbonyl (C=O) groups is 3. The maximum Gasteiger partial charge on any atom is 0.250 e. The molecule has 2 atom stereocenters. The van der Waals surface area contributed by atoms with Crippen molar-refractivity contribution >= 4 is 48.4 Å². The Balaban J connectivity index is 0.00000308. The number of aromatic nitrogens is 2. The van der Waals surface area contributed by atoms with Gasteiger partial charge in [-0.3, -0.25) is 14.4 Å². The third kappa shape index (κ3) is 9.29. The number of nitrogens with zero attached hydrogens (tertiary/aromatic N) is 3. The normalized spacial score (nSPS) is 14.2. The van der Waals surface area contributed by atoms with E-state index in [9.17, 15) is 14.4 Å².